The highest BCUT2D eigenvalue weighted by Gasteiger charge is 2.27. The second-order valence-electron chi connectivity index (χ2n) is 7.36. The number of likely N-dealkylation sites (N-methyl/N-ethyl adjacent to an activating group) is 1. The number of hydrogen-bond acceptors (Lipinski definition) is 3. The lowest BCUT2D eigenvalue weighted by atomic mass is 9.98. The number of rotatable bonds is 3. The van der Waals surface area contributed by atoms with Crippen LogP contribution in [0, 0.1) is 0 Å². The molecule has 22 heavy (non-hydrogen) atoms. The second-order valence-corrected chi connectivity index (χ2v) is 7.36. The third kappa shape index (κ3) is 2.89. The molecule has 4 heteroatoms. The van der Waals surface area contributed by atoms with Gasteiger partial charge in [-0.15, -0.1) is 0 Å². The fourth-order valence-electron chi connectivity index (χ4n) is 3.72. The highest BCUT2D eigenvalue weighted by Crippen LogP contribution is 2.27. The van der Waals surface area contributed by atoms with E-state index in [2.05, 4.69) is 48.2 Å². The molecule has 0 radical (unpaired) electrons. The Balaban J connectivity index is 1.99. The molecule has 0 N–H and O–H groups in total. The van der Waals surface area contributed by atoms with Crippen molar-refractivity contribution in [3.63, 3.8) is 0 Å². The van der Waals surface area contributed by atoms with Crippen LogP contribution in [-0.2, 0) is 12.0 Å². The molecular weight excluding hydrogens is 272 g/mol. The molecule has 0 spiro atoms. The molecule has 4 nitrogen and oxygen atoms in total. The largest absolute Gasteiger partial charge is 0.307 e. The molecule has 120 valence electrons. The van der Waals surface area contributed by atoms with Crippen molar-refractivity contribution in [1.29, 1.82) is 0 Å². The number of likely N-dealkylation sites (tertiary alicyclic amines) is 1. The second kappa shape index (κ2) is 5.99. The van der Waals surface area contributed by atoms with Crippen molar-refractivity contribution in [2.75, 3.05) is 13.1 Å². The number of pyridine rings is 1. The van der Waals surface area contributed by atoms with Crippen LogP contribution in [0.5, 0.6) is 0 Å². The van der Waals surface area contributed by atoms with Crippen LogP contribution in [0.15, 0.2) is 18.3 Å². The zero-order valence-corrected chi connectivity index (χ0v) is 14.3. The van der Waals surface area contributed by atoms with Gasteiger partial charge in [0.15, 0.2) is 5.65 Å². The van der Waals surface area contributed by atoms with Gasteiger partial charge in [0.1, 0.15) is 11.3 Å². The molecule has 2 aromatic heterocycles. The van der Waals surface area contributed by atoms with Crippen LogP contribution in [0.4, 0.5) is 0 Å². The van der Waals surface area contributed by atoms with Crippen molar-refractivity contribution in [2.24, 2.45) is 0 Å². The molecule has 1 aliphatic heterocycles. The van der Waals surface area contributed by atoms with E-state index >= 15 is 0 Å². The van der Waals surface area contributed by atoms with Crippen LogP contribution in [0.3, 0.4) is 0 Å². The molecule has 0 aromatic carbocycles. The van der Waals surface area contributed by atoms with E-state index in [-0.39, 0.29) is 5.54 Å². The van der Waals surface area contributed by atoms with Crippen LogP contribution in [0.1, 0.15) is 52.8 Å². The van der Waals surface area contributed by atoms with E-state index < -0.39 is 0 Å². The minimum atomic E-state index is 0.00412. The molecule has 2 aromatic rings. The smallest absolute Gasteiger partial charge is 0.160 e. The Morgan fingerprint density at radius 1 is 1.27 bits per heavy atom. The Bertz CT molecular complexity index is 638. The molecule has 3 rings (SSSR count). The zero-order chi connectivity index (χ0) is 15.7. The van der Waals surface area contributed by atoms with E-state index in [1.165, 1.54) is 31.6 Å². The summed E-state index contributed by atoms with van der Waals surface area (Å²) in [5.41, 5.74) is 2.04. The van der Waals surface area contributed by atoms with E-state index in [0.717, 1.165) is 24.1 Å². The fourth-order valence-corrected chi connectivity index (χ4v) is 3.72. The lowest BCUT2D eigenvalue weighted by Crippen LogP contribution is -2.41. The summed E-state index contributed by atoms with van der Waals surface area (Å²) in [7, 11) is 0. The average molecular weight is 300 g/mol. The van der Waals surface area contributed by atoms with E-state index in [1.54, 1.807) is 0 Å². The van der Waals surface area contributed by atoms with Crippen LogP contribution in [0.2, 0.25) is 0 Å². The van der Waals surface area contributed by atoms with Gasteiger partial charge in [-0.05, 0) is 58.8 Å². The van der Waals surface area contributed by atoms with E-state index in [0.29, 0.717) is 6.04 Å². The Morgan fingerprint density at radius 3 is 2.82 bits per heavy atom. The van der Waals surface area contributed by atoms with Gasteiger partial charge in [-0.2, -0.15) is 0 Å². The number of aromatic nitrogens is 3. The highest BCUT2D eigenvalue weighted by atomic mass is 15.2. The maximum absolute atomic E-state index is 4.92. The first-order chi connectivity index (χ1) is 10.5. The number of imidazole rings is 1. The maximum atomic E-state index is 4.92. The molecule has 0 aliphatic carbocycles. The first-order valence-electron chi connectivity index (χ1n) is 8.57. The molecule has 1 saturated heterocycles. The van der Waals surface area contributed by atoms with E-state index in [9.17, 15) is 0 Å². The third-order valence-corrected chi connectivity index (χ3v) is 4.73. The first kappa shape index (κ1) is 15.5. The van der Waals surface area contributed by atoms with Gasteiger partial charge in [-0.3, -0.25) is 0 Å². The molecule has 0 saturated carbocycles. The van der Waals surface area contributed by atoms with Crippen molar-refractivity contribution in [2.45, 2.75) is 65.0 Å². The molecule has 1 unspecified atom stereocenters. The molecule has 1 atom stereocenters. The third-order valence-electron chi connectivity index (χ3n) is 4.73. The molecule has 0 bridgehead atoms. The summed E-state index contributed by atoms with van der Waals surface area (Å²) >= 11 is 0. The molecule has 1 fully saturated rings. The highest BCUT2D eigenvalue weighted by molar-refractivity contribution is 5.71. The molecular formula is C18H28N4. The van der Waals surface area contributed by atoms with Crippen molar-refractivity contribution in [3.05, 3.63) is 24.2 Å². The number of nitrogens with zero attached hydrogens (tertiary/aromatic N) is 4. The SMILES string of the molecule is CCN1CCCCC1Cc1nc2cccnc2n1C(C)(C)C. The Labute approximate surface area is 133 Å². The summed E-state index contributed by atoms with van der Waals surface area (Å²) in [6.45, 7) is 11.4. The predicted octanol–water partition coefficient (Wildman–Crippen LogP) is 3.60. The van der Waals surface area contributed by atoms with Gasteiger partial charge < -0.3 is 9.47 Å². The van der Waals surface area contributed by atoms with E-state index in [4.69, 9.17) is 4.98 Å². The summed E-state index contributed by atoms with van der Waals surface area (Å²) in [6.07, 6.45) is 6.86. The first-order valence-corrected chi connectivity index (χ1v) is 8.57. The summed E-state index contributed by atoms with van der Waals surface area (Å²) in [5, 5.41) is 0. The van der Waals surface area contributed by atoms with Gasteiger partial charge in [0.05, 0.1) is 0 Å². The lowest BCUT2D eigenvalue weighted by Gasteiger charge is -2.35. The van der Waals surface area contributed by atoms with Crippen LogP contribution in [-0.4, -0.2) is 38.6 Å². The van der Waals surface area contributed by atoms with Crippen molar-refractivity contribution < 1.29 is 0 Å². The standard InChI is InChI=1S/C18H28N4/c1-5-21-12-7-6-9-14(21)13-16-20-15-10-8-11-19-17(15)22(16)18(2,3)4/h8,10-11,14H,5-7,9,12-13H2,1-4H3. The molecule has 1 aliphatic rings. The lowest BCUT2D eigenvalue weighted by molar-refractivity contribution is 0.151. The maximum Gasteiger partial charge on any atom is 0.160 e. The molecule has 3 heterocycles. The predicted molar refractivity (Wildman–Crippen MR) is 91.1 cm³/mol. The summed E-state index contributed by atoms with van der Waals surface area (Å²) in [5.74, 6) is 1.19. The summed E-state index contributed by atoms with van der Waals surface area (Å²) in [6, 6.07) is 4.68. The van der Waals surface area contributed by atoms with Crippen molar-refractivity contribution in [3.8, 4) is 0 Å². The quantitative estimate of drug-likeness (QED) is 0.868. The van der Waals surface area contributed by atoms with Crippen LogP contribution in [0.25, 0.3) is 11.2 Å². The Hall–Kier alpha value is -1.42. The fraction of sp³-hybridized carbons (Fsp3) is 0.667. The van der Waals surface area contributed by atoms with Crippen LogP contribution < -0.4 is 0 Å². The van der Waals surface area contributed by atoms with Gasteiger partial charge in [0.2, 0.25) is 0 Å². The van der Waals surface area contributed by atoms with Gasteiger partial charge in [-0.1, -0.05) is 13.3 Å². The van der Waals surface area contributed by atoms with E-state index in [1.807, 2.05) is 12.3 Å². The van der Waals surface area contributed by atoms with Crippen molar-refractivity contribution >= 4 is 11.2 Å². The van der Waals surface area contributed by atoms with Gasteiger partial charge >= 0.3 is 0 Å². The van der Waals surface area contributed by atoms with Gasteiger partial charge in [0.25, 0.3) is 0 Å². The molecule has 0 amide bonds. The zero-order valence-electron chi connectivity index (χ0n) is 14.3. The van der Waals surface area contributed by atoms with Crippen LogP contribution >= 0.6 is 0 Å². The van der Waals surface area contributed by atoms with Crippen molar-refractivity contribution in [1.82, 2.24) is 19.4 Å². The van der Waals surface area contributed by atoms with Gasteiger partial charge in [0, 0.05) is 24.2 Å². The Kier molecular flexibility index (Phi) is 4.22. The Morgan fingerprint density at radius 2 is 2.09 bits per heavy atom. The number of piperidine rings is 1. The summed E-state index contributed by atoms with van der Waals surface area (Å²) in [4.78, 5) is 12.1. The minimum Gasteiger partial charge on any atom is -0.307 e. The monoisotopic (exact) mass is 300 g/mol. The minimum absolute atomic E-state index is 0.00412. The average Bonchev–Trinajstić information content (AvgIpc) is 2.85. The number of fused-ring (bicyclic) bond motifs is 1. The normalized spacial score (nSPS) is 20.6. The number of hydrogen-bond donors (Lipinski definition) is 0. The van der Waals surface area contributed by atoms with Gasteiger partial charge in [-0.25, -0.2) is 9.97 Å². The topological polar surface area (TPSA) is 34.0 Å². The summed E-state index contributed by atoms with van der Waals surface area (Å²) < 4.78 is 2.34.